The van der Waals surface area contributed by atoms with Gasteiger partial charge in [-0.15, -0.1) is 0 Å². The van der Waals surface area contributed by atoms with Crippen molar-refractivity contribution in [3.05, 3.63) is 53.6 Å². The lowest BCUT2D eigenvalue weighted by Crippen LogP contribution is -2.13. The monoisotopic (exact) mass is 440 g/mol. The first-order valence-electron chi connectivity index (χ1n) is 8.52. The second-order valence-electron chi connectivity index (χ2n) is 5.54. The topological polar surface area (TPSA) is 71.3 Å². The maximum Gasteiger partial charge on any atom is 0.387 e. The van der Waals surface area contributed by atoms with Crippen molar-refractivity contribution in [3.8, 4) is 17.6 Å². The van der Waals surface area contributed by atoms with Crippen molar-refractivity contribution >= 4 is 29.4 Å². The summed E-state index contributed by atoms with van der Waals surface area (Å²) in [5.41, 5.74) is 0.414. The predicted molar refractivity (Wildman–Crippen MR) is 105 cm³/mol. The van der Waals surface area contributed by atoms with E-state index in [9.17, 15) is 27.6 Å². The molecule has 0 unspecified atom stereocenters. The van der Waals surface area contributed by atoms with E-state index >= 15 is 0 Å². The number of benzene rings is 2. The molecule has 0 saturated heterocycles. The zero-order chi connectivity index (χ0) is 22.1. The molecule has 0 saturated carbocycles. The highest BCUT2D eigenvalue weighted by atomic mass is 32.2. The standard InChI is InChI=1S/C20H16F4N2O3S/c1-2-28-17-10-12(3-8-16(17)29-19(21)22)9-13(11-25)18(27)26-14-4-6-15(7-5-14)30-20(23)24/h3-10,19-20H,2H2,1H3,(H,26,27)/b13-9+. The van der Waals surface area contributed by atoms with E-state index in [-0.39, 0.29) is 23.7 Å². The molecule has 0 fully saturated rings. The van der Waals surface area contributed by atoms with E-state index in [1.807, 2.05) is 0 Å². The SMILES string of the molecule is CCOc1cc(/C=C(\C#N)C(=O)Nc2ccc(SC(F)F)cc2)ccc1OC(F)F. The lowest BCUT2D eigenvalue weighted by Gasteiger charge is -2.12. The van der Waals surface area contributed by atoms with E-state index in [4.69, 9.17) is 4.74 Å². The van der Waals surface area contributed by atoms with Gasteiger partial charge in [0.1, 0.15) is 11.6 Å². The van der Waals surface area contributed by atoms with Gasteiger partial charge in [-0.25, -0.2) is 0 Å². The average Bonchev–Trinajstić information content (AvgIpc) is 2.69. The number of hydrogen-bond acceptors (Lipinski definition) is 5. The summed E-state index contributed by atoms with van der Waals surface area (Å²) in [7, 11) is 0. The van der Waals surface area contributed by atoms with Crippen LogP contribution in [0.25, 0.3) is 6.08 Å². The average molecular weight is 440 g/mol. The Morgan fingerprint density at radius 2 is 1.87 bits per heavy atom. The summed E-state index contributed by atoms with van der Waals surface area (Å²) in [5.74, 6) is -3.42. The van der Waals surface area contributed by atoms with Crippen molar-refractivity contribution < 1.29 is 31.8 Å². The molecule has 0 aliphatic heterocycles. The number of thioether (sulfide) groups is 1. The third-order valence-electron chi connectivity index (χ3n) is 3.50. The molecule has 2 rings (SSSR count). The second-order valence-corrected chi connectivity index (χ2v) is 6.61. The third-order valence-corrected chi connectivity index (χ3v) is 4.22. The molecule has 30 heavy (non-hydrogen) atoms. The van der Waals surface area contributed by atoms with Crippen molar-refractivity contribution in [1.29, 1.82) is 5.26 Å². The Balaban J connectivity index is 2.18. The van der Waals surface area contributed by atoms with Gasteiger partial charge in [0, 0.05) is 10.6 Å². The molecule has 2 aromatic rings. The number of halogens is 4. The minimum absolute atomic E-state index is 0.0383. The molecule has 0 radical (unpaired) electrons. The summed E-state index contributed by atoms with van der Waals surface area (Å²) in [4.78, 5) is 12.7. The van der Waals surface area contributed by atoms with Gasteiger partial charge in [0.05, 0.1) is 6.61 Å². The molecular formula is C20H16F4N2O3S. The zero-order valence-corrected chi connectivity index (χ0v) is 16.4. The largest absolute Gasteiger partial charge is 0.490 e. The summed E-state index contributed by atoms with van der Waals surface area (Å²) in [5, 5.41) is 11.8. The van der Waals surface area contributed by atoms with Gasteiger partial charge in [-0.3, -0.25) is 4.79 Å². The van der Waals surface area contributed by atoms with Crippen molar-refractivity contribution in [2.45, 2.75) is 24.2 Å². The first-order valence-corrected chi connectivity index (χ1v) is 9.40. The highest BCUT2D eigenvalue weighted by molar-refractivity contribution is 7.99. The molecule has 5 nitrogen and oxygen atoms in total. The Morgan fingerprint density at radius 3 is 2.43 bits per heavy atom. The van der Waals surface area contributed by atoms with Gasteiger partial charge in [0.25, 0.3) is 11.7 Å². The van der Waals surface area contributed by atoms with E-state index in [2.05, 4.69) is 10.1 Å². The van der Waals surface area contributed by atoms with Crippen LogP contribution >= 0.6 is 11.8 Å². The van der Waals surface area contributed by atoms with Crippen LogP contribution in [0.5, 0.6) is 11.5 Å². The van der Waals surface area contributed by atoms with Crippen LogP contribution in [-0.4, -0.2) is 24.9 Å². The minimum Gasteiger partial charge on any atom is -0.490 e. The smallest absolute Gasteiger partial charge is 0.387 e. The predicted octanol–water partition coefficient (Wildman–Crippen LogP) is 5.55. The number of carbonyl (C=O) groups excluding carboxylic acids is 1. The summed E-state index contributed by atoms with van der Waals surface area (Å²) >= 11 is 0.370. The van der Waals surface area contributed by atoms with Crippen LogP contribution < -0.4 is 14.8 Å². The Morgan fingerprint density at radius 1 is 1.17 bits per heavy atom. The van der Waals surface area contributed by atoms with E-state index in [0.29, 0.717) is 27.9 Å². The van der Waals surface area contributed by atoms with Crippen molar-refractivity contribution in [3.63, 3.8) is 0 Å². The van der Waals surface area contributed by atoms with Crippen molar-refractivity contribution in [2.24, 2.45) is 0 Å². The van der Waals surface area contributed by atoms with Gasteiger partial charge >= 0.3 is 6.61 Å². The summed E-state index contributed by atoms with van der Waals surface area (Å²) in [6.07, 6.45) is 1.25. The number of hydrogen-bond donors (Lipinski definition) is 1. The van der Waals surface area contributed by atoms with Gasteiger partial charge in [0.2, 0.25) is 0 Å². The molecule has 158 valence electrons. The van der Waals surface area contributed by atoms with Gasteiger partial charge in [0.15, 0.2) is 11.5 Å². The Kier molecular flexibility index (Phi) is 8.55. The second kappa shape index (κ2) is 11.1. The highest BCUT2D eigenvalue weighted by Crippen LogP contribution is 2.31. The van der Waals surface area contributed by atoms with Crippen molar-refractivity contribution in [1.82, 2.24) is 0 Å². The normalized spacial score (nSPS) is 11.3. The van der Waals surface area contributed by atoms with Crippen LogP contribution in [0.15, 0.2) is 52.9 Å². The maximum atomic E-state index is 12.5. The molecule has 1 amide bonds. The number of carbonyl (C=O) groups is 1. The summed E-state index contributed by atoms with van der Waals surface area (Å²) in [6, 6.07) is 11.5. The van der Waals surface area contributed by atoms with Crippen LogP contribution in [0, 0.1) is 11.3 Å². The number of amides is 1. The molecular weight excluding hydrogens is 424 g/mol. The van der Waals surface area contributed by atoms with Gasteiger partial charge in [-0.2, -0.15) is 22.8 Å². The highest BCUT2D eigenvalue weighted by Gasteiger charge is 2.14. The lowest BCUT2D eigenvalue weighted by molar-refractivity contribution is -0.112. The zero-order valence-electron chi connectivity index (χ0n) is 15.6. The molecule has 10 heteroatoms. The van der Waals surface area contributed by atoms with Gasteiger partial charge < -0.3 is 14.8 Å². The van der Waals surface area contributed by atoms with E-state index < -0.39 is 18.3 Å². The molecule has 1 N–H and O–H groups in total. The molecule has 0 atom stereocenters. The van der Waals surface area contributed by atoms with E-state index in [1.165, 1.54) is 48.5 Å². The van der Waals surface area contributed by atoms with Gasteiger partial charge in [-0.1, -0.05) is 17.8 Å². The number of nitrogens with one attached hydrogen (secondary N) is 1. The third kappa shape index (κ3) is 7.00. The number of alkyl halides is 4. The van der Waals surface area contributed by atoms with E-state index in [1.54, 1.807) is 13.0 Å². The maximum absolute atomic E-state index is 12.5. The fourth-order valence-electron chi connectivity index (χ4n) is 2.31. The molecule has 0 aliphatic carbocycles. The molecule has 0 bridgehead atoms. The van der Waals surface area contributed by atoms with Gasteiger partial charge in [-0.05, 0) is 55.0 Å². The van der Waals surface area contributed by atoms with Crippen LogP contribution in [0.4, 0.5) is 23.2 Å². The first kappa shape index (κ1) is 23.1. The Labute approximate surface area is 174 Å². The summed E-state index contributed by atoms with van der Waals surface area (Å²) < 4.78 is 59.3. The fraction of sp³-hybridized carbons (Fsp3) is 0.200. The lowest BCUT2D eigenvalue weighted by atomic mass is 10.1. The number of rotatable bonds is 9. The molecule has 0 aliphatic rings. The van der Waals surface area contributed by atoms with Crippen LogP contribution in [0.1, 0.15) is 12.5 Å². The molecule has 0 heterocycles. The van der Waals surface area contributed by atoms with E-state index in [0.717, 1.165) is 0 Å². The first-order chi connectivity index (χ1) is 14.3. The molecule has 2 aromatic carbocycles. The van der Waals surface area contributed by atoms with Crippen LogP contribution in [0.3, 0.4) is 0 Å². The number of nitriles is 1. The van der Waals surface area contributed by atoms with Crippen LogP contribution in [0.2, 0.25) is 0 Å². The van der Waals surface area contributed by atoms with Crippen molar-refractivity contribution in [2.75, 3.05) is 11.9 Å². The minimum atomic E-state index is -3.03. The quantitative estimate of drug-likeness (QED) is 0.240. The Bertz CT molecular complexity index is 944. The number of anilines is 1. The number of nitrogens with zero attached hydrogens (tertiary/aromatic N) is 1. The Hall–Kier alpha value is -3.19. The molecule has 0 aromatic heterocycles. The fourth-order valence-corrected chi connectivity index (χ4v) is 2.81. The molecule has 0 spiro atoms. The number of ether oxygens (including phenoxy) is 2. The summed E-state index contributed by atoms with van der Waals surface area (Å²) in [6.45, 7) is -1.18. The van der Waals surface area contributed by atoms with Crippen LogP contribution in [-0.2, 0) is 4.79 Å².